The Morgan fingerprint density at radius 3 is 1.33 bits per heavy atom. The predicted molar refractivity (Wildman–Crippen MR) is 45.6 cm³/mol. The summed E-state index contributed by atoms with van der Waals surface area (Å²) >= 11 is 0. The standard InChI is InChI=1S/C5H12O2.CH4O3S/c1-5(2,6-3)7-4;1-5(2,3)4/h1-4H3;1H3,(H,2,3,4). The molecular weight excluding hydrogens is 184 g/mol. The molecular formula is C6H16O5S. The summed E-state index contributed by atoms with van der Waals surface area (Å²) < 4.78 is 35.6. The number of methoxy groups -OCH3 is 2. The van der Waals surface area contributed by atoms with E-state index in [-0.39, 0.29) is 0 Å². The largest absolute Gasteiger partial charge is 0.354 e. The van der Waals surface area contributed by atoms with Gasteiger partial charge in [-0.05, 0) is 13.8 Å². The van der Waals surface area contributed by atoms with Crippen molar-refractivity contribution in [2.24, 2.45) is 0 Å². The van der Waals surface area contributed by atoms with Crippen LogP contribution in [0.4, 0.5) is 0 Å². The monoisotopic (exact) mass is 200 g/mol. The van der Waals surface area contributed by atoms with Crippen LogP contribution in [0.2, 0.25) is 0 Å². The van der Waals surface area contributed by atoms with Gasteiger partial charge in [-0.3, -0.25) is 4.55 Å². The van der Waals surface area contributed by atoms with Gasteiger partial charge in [0.05, 0.1) is 6.26 Å². The molecule has 0 bridgehead atoms. The molecule has 0 aliphatic rings. The maximum atomic E-state index is 9.19. The molecule has 0 aromatic carbocycles. The minimum Gasteiger partial charge on any atom is -0.354 e. The van der Waals surface area contributed by atoms with Gasteiger partial charge >= 0.3 is 0 Å². The Morgan fingerprint density at radius 2 is 1.33 bits per heavy atom. The zero-order valence-corrected chi connectivity index (χ0v) is 8.80. The van der Waals surface area contributed by atoms with E-state index in [1.165, 1.54) is 0 Å². The van der Waals surface area contributed by atoms with E-state index in [0.29, 0.717) is 6.26 Å². The minimum absolute atomic E-state index is 0.417. The van der Waals surface area contributed by atoms with Crippen molar-refractivity contribution in [3.8, 4) is 0 Å². The van der Waals surface area contributed by atoms with Crippen LogP contribution >= 0.6 is 0 Å². The van der Waals surface area contributed by atoms with E-state index in [4.69, 9.17) is 14.0 Å². The van der Waals surface area contributed by atoms with Crippen molar-refractivity contribution in [1.82, 2.24) is 0 Å². The Morgan fingerprint density at radius 1 is 1.17 bits per heavy atom. The van der Waals surface area contributed by atoms with Gasteiger partial charge in [0.1, 0.15) is 0 Å². The summed E-state index contributed by atoms with van der Waals surface area (Å²) in [5, 5.41) is 0. The van der Waals surface area contributed by atoms with Crippen molar-refractivity contribution < 1.29 is 22.4 Å². The van der Waals surface area contributed by atoms with Crippen LogP contribution in [0.15, 0.2) is 0 Å². The highest BCUT2D eigenvalue weighted by atomic mass is 32.2. The van der Waals surface area contributed by atoms with Gasteiger partial charge in [0, 0.05) is 14.2 Å². The molecule has 0 saturated carbocycles. The van der Waals surface area contributed by atoms with Gasteiger partial charge < -0.3 is 9.47 Å². The molecule has 0 amide bonds. The first-order valence-corrected chi connectivity index (χ1v) is 5.00. The van der Waals surface area contributed by atoms with Crippen LogP contribution in [0.5, 0.6) is 0 Å². The fraction of sp³-hybridized carbons (Fsp3) is 1.00. The summed E-state index contributed by atoms with van der Waals surface area (Å²) in [6, 6.07) is 0. The molecule has 12 heavy (non-hydrogen) atoms. The smallest absolute Gasteiger partial charge is 0.261 e. The Labute approximate surface area is 73.4 Å². The maximum absolute atomic E-state index is 9.19. The lowest BCUT2D eigenvalue weighted by molar-refractivity contribution is -0.178. The molecule has 1 N–H and O–H groups in total. The molecule has 0 fully saturated rings. The summed E-state index contributed by atoms with van der Waals surface area (Å²) in [4.78, 5) is 0. The molecule has 76 valence electrons. The third-order valence-corrected chi connectivity index (χ3v) is 0.983. The van der Waals surface area contributed by atoms with E-state index < -0.39 is 15.9 Å². The van der Waals surface area contributed by atoms with Crippen LogP contribution in [0.1, 0.15) is 13.8 Å². The molecule has 0 atom stereocenters. The van der Waals surface area contributed by atoms with Crippen molar-refractivity contribution in [3.63, 3.8) is 0 Å². The van der Waals surface area contributed by atoms with Crippen LogP contribution < -0.4 is 0 Å². The van der Waals surface area contributed by atoms with Gasteiger partial charge in [0.25, 0.3) is 10.1 Å². The molecule has 0 aliphatic carbocycles. The second-order valence-corrected chi connectivity index (χ2v) is 4.01. The lowest BCUT2D eigenvalue weighted by Gasteiger charge is -2.19. The minimum atomic E-state index is -3.67. The molecule has 5 nitrogen and oxygen atoms in total. The third-order valence-electron chi connectivity index (χ3n) is 0.983. The fourth-order valence-electron chi connectivity index (χ4n) is 0.0833. The Balaban J connectivity index is 0. The van der Waals surface area contributed by atoms with Crippen LogP contribution in [-0.4, -0.2) is 39.2 Å². The average molecular weight is 200 g/mol. The molecule has 0 heterocycles. The highest BCUT2D eigenvalue weighted by molar-refractivity contribution is 7.85. The SMILES string of the molecule is COC(C)(C)OC.CS(=O)(=O)O. The highest BCUT2D eigenvalue weighted by Crippen LogP contribution is 2.05. The van der Waals surface area contributed by atoms with Crippen LogP contribution in [0.3, 0.4) is 0 Å². The van der Waals surface area contributed by atoms with E-state index in [9.17, 15) is 8.42 Å². The zero-order valence-electron chi connectivity index (χ0n) is 7.99. The average Bonchev–Trinajstić information content (AvgIpc) is 1.85. The topological polar surface area (TPSA) is 72.8 Å². The van der Waals surface area contributed by atoms with Crippen LogP contribution in [0.25, 0.3) is 0 Å². The van der Waals surface area contributed by atoms with Gasteiger partial charge in [0.2, 0.25) is 0 Å². The molecule has 0 saturated heterocycles. The van der Waals surface area contributed by atoms with Crippen molar-refractivity contribution in [2.75, 3.05) is 20.5 Å². The Bertz CT molecular complexity index is 180. The van der Waals surface area contributed by atoms with E-state index in [0.717, 1.165) is 0 Å². The molecule has 0 rings (SSSR count). The predicted octanol–water partition coefficient (Wildman–Crippen LogP) is 0.519. The van der Waals surface area contributed by atoms with Gasteiger partial charge in [-0.25, -0.2) is 0 Å². The normalized spacial score (nSPS) is 11.8. The van der Waals surface area contributed by atoms with Crippen LogP contribution in [-0.2, 0) is 19.6 Å². The number of rotatable bonds is 2. The Hall–Kier alpha value is -0.170. The van der Waals surface area contributed by atoms with E-state index in [1.54, 1.807) is 14.2 Å². The molecule has 0 aromatic rings. The highest BCUT2D eigenvalue weighted by Gasteiger charge is 2.11. The number of hydrogen-bond acceptors (Lipinski definition) is 4. The first-order valence-electron chi connectivity index (χ1n) is 3.15. The lowest BCUT2D eigenvalue weighted by Crippen LogP contribution is -2.24. The van der Waals surface area contributed by atoms with Gasteiger partial charge in [-0.15, -0.1) is 0 Å². The second kappa shape index (κ2) is 5.47. The van der Waals surface area contributed by atoms with E-state index >= 15 is 0 Å². The molecule has 0 aromatic heterocycles. The second-order valence-electron chi connectivity index (χ2n) is 2.54. The number of hydrogen-bond donors (Lipinski definition) is 1. The summed E-state index contributed by atoms with van der Waals surface area (Å²) in [6.45, 7) is 3.71. The molecule has 0 spiro atoms. The van der Waals surface area contributed by atoms with Crippen molar-refractivity contribution >= 4 is 10.1 Å². The summed E-state index contributed by atoms with van der Waals surface area (Å²) in [5.41, 5.74) is 0. The van der Waals surface area contributed by atoms with Gasteiger partial charge in [0.15, 0.2) is 5.79 Å². The Kier molecular flexibility index (Phi) is 6.55. The van der Waals surface area contributed by atoms with E-state index in [2.05, 4.69) is 0 Å². The lowest BCUT2D eigenvalue weighted by atomic mass is 10.4. The van der Waals surface area contributed by atoms with Crippen LogP contribution in [0, 0.1) is 0 Å². The molecule has 0 aliphatic heterocycles. The zero-order chi connectivity index (χ0) is 10.4. The first kappa shape index (κ1) is 14.4. The van der Waals surface area contributed by atoms with Crippen molar-refractivity contribution in [2.45, 2.75) is 19.6 Å². The maximum Gasteiger partial charge on any atom is 0.261 e. The first-order chi connectivity index (χ1) is 5.12. The fourth-order valence-corrected chi connectivity index (χ4v) is 0.0833. The number of ether oxygens (including phenoxy) is 2. The molecule has 0 unspecified atom stereocenters. The van der Waals surface area contributed by atoms with Gasteiger partial charge in [-0.2, -0.15) is 8.42 Å². The summed E-state index contributed by atoms with van der Waals surface area (Å²) in [6.07, 6.45) is 0.715. The molecule has 0 radical (unpaired) electrons. The summed E-state index contributed by atoms with van der Waals surface area (Å²) in [7, 11) is -0.438. The quantitative estimate of drug-likeness (QED) is 0.519. The van der Waals surface area contributed by atoms with Crippen molar-refractivity contribution in [1.29, 1.82) is 0 Å². The van der Waals surface area contributed by atoms with Crippen molar-refractivity contribution in [3.05, 3.63) is 0 Å². The third kappa shape index (κ3) is 22.5. The summed E-state index contributed by atoms with van der Waals surface area (Å²) in [5.74, 6) is -0.417. The van der Waals surface area contributed by atoms with E-state index in [1.807, 2.05) is 13.8 Å². The van der Waals surface area contributed by atoms with Gasteiger partial charge in [-0.1, -0.05) is 0 Å². The molecule has 6 heteroatoms.